The zero-order valence-corrected chi connectivity index (χ0v) is 13.9. The lowest BCUT2D eigenvalue weighted by Crippen LogP contribution is -2.17. The Balaban J connectivity index is 2.33. The van der Waals surface area contributed by atoms with E-state index < -0.39 is 0 Å². The number of aryl methyl sites for hydroxylation is 1. The van der Waals surface area contributed by atoms with E-state index in [0.717, 1.165) is 22.2 Å². The Morgan fingerprint density at radius 3 is 2.67 bits per heavy atom. The van der Waals surface area contributed by atoms with Crippen LogP contribution < -0.4 is 5.32 Å². The van der Waals surface area contributed by atoms with E-state index in [1.54, 1.807) is 12.4 Å². The predicted molar refractivity (Wildman–Crippen MR) is 87.6 cm³/mol. The standard InChI is InChI=1S/C16H18BrN3O/c1-4-11-5-6-12(17)9-13(11)16(21)20-15-14(10(2)3)18-7-8-19-15/h5-10H,4H2,1-3H3,(H,19,20,21). The Bertz CT molecular complexity index is 656. The summed E-state index contributed by atoms with van der Waals surface area (Å²) in [5.74, 6) is 0.567. The molecule has 1 N–H and O–H groups in total. The van der Waals surface area contributed by atoms with Gasteiger partial charge in [0.1, 0.15) is 0 Å². The third kappa shape index (κ3) is 3.67. The fraction of sp³-hybridized carbons (Fsp3) is 0.312. The zero-order valence-electron chi connectivity index (χ0n) is 12.4. The van der Waals surface area contributed by atoms with Crippen LogP contribution >= 0.6 is 15.9 Å². The van der Waals surface area contributed by atoms with Crippen molar-refractivity contribution in [3.05, 3.63) is 51.9 Å². The van der Waals surface area contributed by atoms with Gasteiger partial charge in [-0.2, -0.15) is 0 Å². The highest BCUT2D eigenvalue weighted by atomic mass is 79.9. The van der Waals surface area contributed by atoms with Gasteiger partial charge in [-0.25, -0.2) is 4.98 Å². The van der Waals surface area contributed by atoms with Crippen molar-refractivity contribution in [3.63, 3.8) is 0 Å². The van der Waals surface area contributed by atoms with Crippen LogP contribution in [0.5, 0.6) is 0 Å². The van der Waals surface area contributed by atoms with E-state index in [1.807, 2.05) is 39.0 Å². The number of carbonyl (C=O) groups excluding carboxylic acids is 1. The summed E-state index contributed by atoms with van der Waals surface area (Å²) in [5, 5.41) is 2.88. The van der Waals surface area contributed by atoms with E-state index in [-0.39, 0.29) is 11.8 Å². The number of benzene rings is 1. The quantitative estimate of drug-likeness (QED) is 0.902. The number of rotatable bonds is 4. The fourth-order valence-electron chi connectivity index (χ4n) is 2.11. The lowest BCUT2D eigenvalue weighted by atomic mass is 10.0. The fourth-order valence-corrected chi connectivity index (χ4v) is 2.47. The van der Waals surface area contributed by atoms with E-state index in [4.69, 9.17) is 0 Å². The van der Waals surface area contributed by atoms with Crippen LogP contribution in [0.4, 0.5) is 5.82 Å². The van der Waals surface area contributed by atoms with Gasteiger partial charge in [0.25, 0.3) is 5.91 Å². The van der Waals surface area contributed by atoms with Crippen LogP contribution in [0.1, 0.15) is 48.3 Å². The van der Waals surface area contributed by atoms with Crippen molar-refractivity contribution in [2.45, 2.75) is 33.1 Å². The van der Waals surface area contributed by atoms with Crippen LogP contribution in [0.2, 0.25) is 0 Å². The summed E-state index contributed by atoms with van der Waals surface area (Å²) in [6.45, 7) is 6.08. The van der Waals surface area contributed by atoms with Gasteiger partial charge >= 0.3 is 0 Å². The highest BCUT2D eigenvalue weighted by Crippen LogP contribution is 2.22. The van der Waals surface area contributed by atoms with Crippen molar-refractivity contribution in [2.24, 2.45) is 0 Å². The number of nitrogens with one attached hydrogen (secondary N) is 1. The minimum absolute atomic E-state index is 0.157. The summed E-state index contributed by atoms with van der Waals surface area (Å²) in [6.07, 6.45) is 4.03. The highest BCUT2D eigenvalue weighted by molar-refractivity contribution is 9.10. The third-order valence-electron chi connectivity index (χ3n) is 3.20. The van der Waals surface area contributed by atoms with E-state index in [0.29, 0.717) is 11.4 Å². The van der Waals surface area contributed by atoms with Gasteiger partial charge in [0.15, 0.2) is 5.82 Å². The molecule has 0 saturated heterocycles. The molecule has 0 bridgehead atoms. The average molecular weight is 348 g/mol. The second-order valence-electron chi connectivity index (χ2n) is 5.05. The van der Waals surface area contributed by atoms with Crippen LogP contribution in [0.3, 0.4) is 0 Å². The number of hydrogen-bond donors (Lipinski definition) is 1. The lowest BCUT2D eigenvalue weighted by Gasteiger charge is -2.13. The van der Waals surface area contributed by atoms with Crippen molar-refractivity contribution >= 4 is 27.7 Å². The highest BCUT2D eigenvalue weighted by Gasteiger charge is 2.15. The first-order valence-electron chi connectivity index (χ1n) is 6.93. The van der Waals surface area contributed by atoms with Crippen molar-refractivity contribution < 1.29 is 4.79 Å². The van der Waals surface area contributed by atoms with Gasteiger partial charge in [0.05, 0.1) is 5.69 Å². The summed E-state index contributed by atoms with van der Waals surface area (Å²) in [5.41, 5.74) is 2.46. The number of nitrogens with zero attached hydrogens (tertiary/aromatic N) is 2. The van der Waals surface area contributed by atoms with E-state index in [1.165, 1.54) is 0 Å². The number of anilines is 1. The second kappa shape index (κ2) is 6.80. The van der Waals surface area contributed by atoms with E-state index >= 15 is 0 Å². The molecule has 0 aliphatic rings. The molecular formula is C16H18BrN3O. The monoisotopic (exact) mass is 347 g/mol. The Labute approximate surface area is 133 Å². The van der Waals surface area contributed by atoms with Crippen LogP contribution in [-0.2, 0) is 6.42 Å². The summed E-state index contributed by atoms with van der Waals surface area (Å²) in [7, 11) is 0. The van der Waals surface area contributed by atoms with E-state index in [2.05, 4.69) is 31.2 Å². The van der Waals surface area contributed by atoms with Gasteiger partial charge in [0.2, 0.25) is 0 Å². The third-order valence-corrected chi connectivity index (χ3v) is 3.70. The molecule has 2 rings (SSSR count). The molecule has 5 heteroatoms. The minimum atomic E-state index is -0.157. The normalized spacial score (nSPS) is 10.7. The van der Waals surface area contributed by atoms with Crippen LogP contribution in [-0.4, -0.2) is 15.9 Å². The smallest absolute Gasteiger partial charge is 0.257 e. The first-order chi connectivity index (χ1) is 10.0. The number of aromatic nitrogens is 2. The molecule has 1 heterocycles. The summed E-state index contributed by atoms with van der Waals surface area (Å²) >= 11 is 3.41. The molecular weight excluding hydrogens is 330 g/mol. The van der Waals surface area contributed by atoms with Crippen molar-refractivity contribution in [1.82, 2.24) is 9.97 Å². The molecule has 110 valence electrons. The molecule has 0 unspecified atom stereocenters. The van der Waals surface area contributed by atoms with Crippen molar-refractivity contribution in [1.29, 1.82) is 0 Å². The molecule has 2 aromatic rings. The molecule has 0 aliphatic carbocycles. The van der Waals surface area contributed by atoms with Gasteiger partial charge in [-0.05, 0) is 30.0 Å². The van der Waals surface area contributed by atoms with Crippen LogP contribution in [0, 0.1) is 0 Å². The van der Waals surface area contributed by atoms with Gasteiger partial charge in [-0.3, -0.25) is 9.78 Å². The maximum absolute atomic E-state index is 12.5. The molecule has 21 heavy (non-hydrogen) atoms. The summed E-state index contributed by atoms with van der Waals surface area (Å²) in [6, 6.07) is 5.73. The first-order valence-corrected chi connectivity index (χ1v) is 7.73. The number of halogens is 1. The Kier molecular flexibility index (Phi) is 5.07. The zero-order chi connectivity index (χ0) is 15.4. The molecule has 1 amide bonds. The largest absolute Gasteiger partial charge is 0.305 e. The van der Waals surface area contributed by atoms with Crippen LogP contribution in [0.15, 0.2) is 35.1 Å². The maximum Gasteiger partial charge on any atom is 0.257 e. The van der Waals surface area contributed by atoms with Gasteiger partial charge in [-0.15, -0.1) is 0 Å². The molecule has 0 aliphatic heterocycles. The molecule has 0 radical (unpaired) electrons. The summed E-state index contributed by atoms with van der Waals surface area (Å²) in [4.78, 5) is 21.1. The maximum atomic E-state index is 12.5. The van der Waals surface area contributed by atoms with Gasteiger partial charge in [-0.1, -0.05) is 42.8 Å². The second-order valence-corrected chi connectivity index (χ2v) is 5.97. The number of carbonyl (C=O) groups is 1. The lowest BCUT2D eigenvalue weighted by molar-refractivity contribution is 0.102. The Hall–Kier alpha value is -1.75. The topological polar surface area (TPSA) is 54.9 Å². The number of amides is 1. The van der Waals surface area contributed by atoms with Gasteiger partial charge < -0.3 is 5.32 Å². The molecule has 0 saturated carbocycles. The molecule has 0 atom stereocenters. The van der Waals surface area contributed by atoms with Crippen molar-refractivity contribution in [3.8, 4) is 0 Å². The molecule has 1 aromatic carbocycles. The molecule has 0 fully saturated rings. The molecule has 1 aromatic heterocycles. The minimum Gasteiger partial charge on any atom is -0.305 e. The Morgan fingerprint density at radius 1 is 1.29 bits per heavy atom. The average Bonchev–Trinajstić information content (AvgIpc) is 2.47. The van der Waals surface area contributed by atoms with Crippen LogP contribution in [0.25, 0.3) is 0 Å². The number of hydrogen-bond acceptors (Lipinski definition) is 3. The first kappa shape index (κ1) is 15.6. The van der Waals surface area contributed by atoms with Crippen molar-refractivity contribution in [2.75, 3.05) is 5.32 Å². The predicted octanol–water partition coefficient (Wildman–Crippen LogP) is 4.18. The summed E-state index contributed by atoms with van der Waals surface area (Å²) < 4.78 is 0.882. The SMILES string of the molecule is CCc1ccc(Br)cc1C(=O)Nc1nccnc1C(C)C. The molecule has 0 spiro atoms. The van der Waals surface area contributed by atoms with E-state index in [9.17, 15) is 4.79 Å². The van der Waals surface area contributed by atoms with Gasteiger partial charge in [0, 0.05) is 22.4 Å². The molecule has 4 nitrogen and oxygen atoms in total. The Morgan fingerprint density at radius 2 is 2.00 bits per heavy atom.